The quantitative estimate of drug-likeness (QED) is 0.887. The third-order valence-electron chi connectivity index (χ3n) is 4.01. The summed E-state index contributed by atoms with van der Waals surface area (Å²) in [6.07, 6.45) is 1.93. The summed E-state index contributed by atoms with van der Waals surface area (Å²) in [5.74, 6) is 0. The van der Waals surface area contributed by atoms with Crippen LogP contribution in [0.1, 0.15) is 41.0 Å². The lowest BCUT2D eigenvalue weighted by Gasteiger charge is -2.19. The first-order chi connectivity index (χ1) is 9.96. The molecule has 1 atom stereocenters. The molecule has 0 radical (unpaired) electrons. The molecule has 3 nitrogen and oxygen atoms in total. The van der Waals surface area contributed by atoms with Gasteiger partial charge >= 0.3 is 0 Å². The summed E-state index contributed by atoms with van der Waals surface area (Å²) >= 11 is 3.64. The molecule has 2 rings (SSSR count). The van der Waals surface area contributed by atoms with E-state index in [1.54, 1.807) is 0 Å². The molecule has 2 aromatic rings. The van der Waals surface area contributed by atoms with E-state index < -0.39 is 0 Å². The monoisotopic (exact) mass is 349 g/mol. The van der Waals surface area contributed by atoms with Crippen LogP contribution < -0.4 is 5.32 Å². The maximum absolute atomic E-state index is 4.54. The number of aryl methyl sites for hydroxylation is 4. The Morgan fingerprint density at radius 1 is 1.24 bits per heavy atom. The van der Waals surface area contributed by atoms with Crippen LogP contribution in [0.5, 0.6) is 0 Å². The Morgan fingerprint density at radius 3 is 2.33 bits per heavy atom. The number of benzene rings is 1. The van der Waals surface area contributed by atoms with Crippen LogP contribution in [0.3, 0.4) is 0 Å². The Morgan fingerprint density at radius 2 is 1.86 bits per heavy atom. The number of halogens is 1. The third kappa shape index (κ3) is 3.55. The van der Waals surface area contributed by atoms with E-state index in [9.17, 15) is 0 Å². The van der Waals surface area contributed by atoms with Crippen LogP contribution in [0.2, 0.25) is 0 Å². The van der Waals surface area contributed by atoms with E-state index >= 15 is 0 Å². The highest BCUT2D eigenvalue weighted by molar-refractivity contribution is 9.10. The van der Waals surface area contributed by atoms with Crippen LogP contribution in [0, 0.1) is 13.8 Å². The molecular weight excluding hydrogens is 326 g/mol. The van der Waals surface area contributed by atoms with Crippen molar-refractivity contribution in [2.75, 3.05) is 7.05 Å². The highest BCUT2D eigenvalue weighted by Gasteiger charge is 2.15. The third-order valence-corrected chi connectivity index (χ3v) is 5.26. The predicted molar refractivity (Wildman–Crippen MR) is 91.7 cm³/mol. The fourth-order valence-corrected chi connectivity index (χ4v) is 2.94. The largest absolute Gasteiger partial charge is 0.313 e. The lowest BCUT2D eigenvalue weighted by Crippen LogP contribution is -2.20. The van der Waals surface area contributed by atoms with Gasteiger partial charge in [0.2, 0.25) is 0 Å². The molecule has 1 N–H and O–H groups in total. The van der Waals surface area contributed by atoms with Crippen LogP contribution in [0.4, 0.5) is 0 Å². The van der Waals surface area contributed by atoms with E-state index in [4.69, 9.17) is 0 Å². The molecule has 21 heavy (non-hydrogen) atoms. The Kier molecular flexibility index (Phi) is 5.22. The van der Waals surface area contributed by atoms with Gasteiger partial charge < -0.3 is 5.32 Å². The molecule has 0 fully saturated rings. The molecular formula is C17H24BrN3. The van der Waals surface area contributed by atoms with E-state index in [2.05, 4.69) is 65.3 Å². The minimum atomic E-state index is 0.301. The van der Waals surface area contributed by atoms with Gasteiger partial charge in [0, 0.05) is 29.7 Å². The summed E-state index contributed by atoms with van der Waals surface area (Å²) in [5, 5.41) is 7.98. The highest BCUT2D eigenvalue weighted by atomic mass is 79.9. The fraction of sp³-hybridized carbons (Fsp3) is 0.471. The van der Waals surface area contributed by atoms with Crippen molar-refractivity contribution in [3.05, 3.63) is 50.8 Å². The Labute approximate surface area is 135 Å². The SMILES string of the molecule is CCc1cc(CC(NC)c2cc(C)c(Br)c(C)c2)n(C)n1. The summed E-state index contributed by atoms with van der Waals surface area (Å²) in [7, 11) is 4.05. The number of aromatic nitrogens is 2. The number of rotatable bonds is 5. The Hall–Kier alpha value is -1.13. The standard InChI is InChI=1S/C17H24BrN3/c1-6-14-9-15(21(5)20-14)10-16(19-4)13-7-11(2)17(18)12(3)8-13/h7-9,16,19H,6,10H2,1-5H3. The van der Waals surface area contributed by atoms with Gasteiger partial charge in [-0.05, 0) is 50.1 Å². The van der Waals surface area contributed by atoms with Crippen molar-refractivity contribution in [1.82, 2.24) is 15.1 Å². The number of hydrogen-bond donors (Lipinski definition) is 1. The molecule has 1 aromatic carbocycles. The zero-order valence-corrected chi connectivity index (χ0v) is 15.1. The average molecular weight is 350 g/mol. The van der Waals surface area contributed by atoms with Gasteiger partial charge in [0.1, 0.15) is 0 Å². The van der Waals surface area contributed by atoms with Crippen molar-refractivity contribution >= 4 is 15.9 Å². The van der Waals surface area contributed by atoms with E-state index in [0.717, 1.165) is 18.5 Å². The van der Waals surface area contributed by atoms with Crippen LogP contribution in [-0.2, 0) is 19.9 Å². The average Bonchev–Trinajstić information content (AvgIpc) is 2.82. The van der Waals surface area contributed by atoms with Gasteiger partial charge in [0.25, 0.3) is 0 Å². The normalized spacial score (nSPS) is 12.7. The van der Waals surface area contributed by atoms with Crippen LogP contribution in [0.15, 0.2) is 22.7 Å². The molecule has 0 saturated carbocycles. The van der Waals surface area contributed by atoms with E-state index in [0.29, 0.717) is 6.04 Å². The van der Waals surface area contributed by atoms with Crippen molar-refractivity contribution < 1.29 is 0 Å². The summed E-state index contributed by atoms with van der Waals surface area (Å²) < 4.78 is 3.21. The van der Waals surface area contributed by atoms with Gasteiger partial charge in [-0.15, -0.1) is 0 Å². The molecule has 0 aliphatic heterocycles. The summed E-state index contributed by atoms with van der Waals surface area (Å²) in [6.45, 7) is 6.43. The lowest BCUT2D eigenvalue weighted by molar-refractivity contribution is 0.560. The lowest BCUT2D eigenvalue weighted by atomic mass is 9.98. The van der Waals surface area contributed by atoms with Gasteiger partial charge in [0.15, 0.2) is 0 Å². The molecule has 114 valence electrons. The summed E-state index contributed by atoms with van der Waals surface area (Å²) in [5.41, 5.74) is 6.32. The first kappa shape index (κ1) is 16.2. The Balaban J connectivity index is 2.29. The number of likely N-dealkylation sites (N-methyl/N-ethyl adjacent to an activating group) is 1. The Bertz CT molecular complexity index is 608. The highest BCUT2D eigenvalue weighted by Crippen LogP contribution is 2.27. The van der Waals surface area contributed by atoms with Gasteiger partial charge in [-0.3, -0.25) is 4.68 Å². The number of nitrogens with zero attached hydrogens (tertiary/aromatic N) is 2. The summed E-state index contributed by atoms with van der Waals surface area (Å²) in [4.78, 5) is 0. The molecule has 1 heterocycles. The van der Waals surface area contributed by atoms with Gasteiger partial charge in [0.05, 0.1) is 5.69 Å². The number of nitrogens with one attached hydrogen (secondary N) is 1. The summed E-state index contributed by atoms with van der Waals surface area (Å²) in [6, 6.07) is 7.03. The van der Waals surface area contributed by atoms with Crippen LogP contribution in [0.25, 0.3) is 0 Å². The van der Waals surface area contributed by atoms with Crippen LogP contribution >= 0.6 is 15.9 Å². The van der Waals surface area contributed by atoms with Crippen molar-refractivity contribution in [1.29, 1.82) is 0 Å². The number of hydrogen-bond acceptors (Lipinski definition) is 2. The molecule has 1 unspecified atom stereocenters. The van der Waals surface area contributed by atoms with Crippen LogP contribution in [-0.4, -0.2) is 16.8 Å². The first-order valence-electron chi connectivity index (χ1n) is 7.42. The van der Waals surface area contributed by atoms with E-state index in [1.165, 1.54) is 26.9 Å². The molecule has 1 aromatic heterocycles. The molecule has 0 saturated heterocycles. The fourth-order valence-electron chi connectivity index (χ4n) is 2.71. The minimum absolute atomic E-state index is 0.301. The second kappa shape index (κ2) is 6.75. The van der Waals surface area contributed by atoms with E-state index in [-0.39, 0.29) is 0 Å². The second-order valence-corrected chi connectivity index (χ2v) is 6.41. The topological polar surface area (TPSA) is 29.9 Å². The van der Waals surface area contributed by atoms with Crippen molar-refractivity contribution in [3.8, 4) is 0 Å². The molecule has 0 bridgehead atoms. The van der Waals surface area contributed by atoms with Crippen molar-refractivity contribution in [2.45, 2.75) is 39.7 Å². The van der Waals surface area contributed by atoms with Gasteiger partial charge in [-0.2, -0.15) is 5.10 Å². The molecule has 0 aliphatic rings. The second-order valence-electron chi connectivity index (χ2n) is 5.62. The smallest absolute Gasteiger partial charge is 0.0624 e. The van der Waals surface area contributed by atoms with Gasteiger partial charge in [-0.25, -0.2) is 0 Å². The molecule has 0 spiro atoms. The minimum Gasteiger partial charge on any atom is -0.313 e. The molecule has 0 amide bonds. The van der Waals surface area contributed by atoms with E-state index in [1.807, 2.05) is 18.8 Å². The first-order valence-corrected chi connectivity index (χ1v) is 8.21. The zero-order valence-electron chi connectivity index (χ0n) is 13.5. The van der Waals surface area contributed by atoms with Crippen molar-refractivity contribution in [2.24, 2.45) is 7.05 Å². The maximum atomic E-state index is 4.54. The zero-order chi connectivity index (χ0) is 15.6. The van der Waals surface area contributed by atoms with Crippen molar-refractivity contribution in [3.63, 3.8) is 0 Å². The molecule has 4 heteroatoms. The molecule has 0 aliphatic carbocycles. The predicted octanol–water partition coefficient (Wildman–Crippen LogP) is 3.87. The maximum Gasteiger partial charge on any atom is 0.0624 e. The van der Waals surface area contributed by atoms with Gasteiger partial charge in [-0.1, -0.05) is 35.0 Å².